The first-order valence-corrected chi connectivity index (χ1v) is 11.1. The summed E-state index contributed by atoms with van der Waals surface area (Å²) in [5.41, 5.74) is 6.53. The first-order chi connectivity index (χ1) is 16.2. The number of ether oxygens (including phenoxy) is 2. The van der Waals surface area contributed by atoms with E-state index in [1.807, 2.05) is 48.5 Å². The maximum absolute atomic E-state index is 5.97. The lowest BCUT2D eigenvalue weighted by atomic mass is 10.0. The fraction of sp³-hybridized carbons (Fsp3) is 0.100. The van der Waals surface area contributed by atoms with E-state index >= 15 is 0 Å². The lowest BCUT2D eigenvalue weighted by molar-refractivity contribution is 0.302. The van der Waals surface area contributed by atoms with E-state index in [0.717, 1.165) is 44.8 Å². The van der Waals surface area contributed by atoms with Crippen LogP contribution in [0.2, 0.25) is 0 Å². The molecule has 5 aromatic rings. The predicted octanol–water partition coefficient (Wildman–Crippen LogP) is 7.37. The zero-order chi connectivity index (χ0) is 22.5. The molecule has 0 saturated carbocycles. The molecule has 0 atom stereocenters. The summed E-state index contributed by atoms with van der Waals surface area (Å²) in [5, 5.41) is 1.14. The van der Waals surface area contributed by atoms with Crippen LogP contribution in [0.25, 0.3) is 22.0 Å². The van der Waals surface area contributed by atoms with Crippen LogP contribution in [0.15, 0.2) is 109 Å². The van der Waals surface area contributed by atoms with Gasteiger partial charge in [0.25, 0.3) is 0 Å². The zero-order valence-corrected chi connectivity index (χ0v) is 18.6. The third kappa shape index (κ3) is 5.21. The van der Waals surface area contributed by atoms with Gasteiger partial charge < -0.3 is 9.47 Å². The summed E-state index contributed by atoms with van der Waals surface area (Å²) in [7, 11) is 0. The Morgan fingerprint density at radius 2 is 1.42 bits per heavy atom. The number of hydrogen-bond acceptors (Lipinski definition) is 3. The van der Waals surface area contributed by atoms with Crippen LogP contribution in [-0.4, -0.2) is 4.98 Å². The third-order valence-electron chi connectivity index (χ3n) is 5.55. The summed E-state index contributed by atoms with van der Waals surface area (Å²) in [6.45, 7) is 3.05. The van der Waals surface area contributed by atoms with Crippen LogP contribution >= 0.6 is 0 Å². The summed E-state index contributed by atoms with van der Waals surface area (Å²) in [6.07, 6.45) is 0. The number of hydrogen-bond donors (Lipinski definition) is 0. The lowest BCUT2D eigenvalue weighted by Crippen LogP contribution is -1.98. The van der Waals surface area contributed by atoms with Crippen molar-refractivity contribution in [3.63, 3.8) is 0 Å². The number of aryl methyl sites for hydroxylation is 1. The van der Waals surface area contributed by atoms with Crippen LogP contribution in [0.1, 0.15) is 16.8 Å². The van der Waals surface area contributed by atoms with E-state index < -0.39 is 0 Å². The van der Waals surface area contributed by atoms with Crippen LogP contribution in [0.3, 0.4) is 0 Å². The normalized spacial score (nSPS) is 10.8. The molecule has 3 nitrogen and oxygen atoms in total. The monoisotopic (exact) mass is 431 g/mol. The Labute approximate surface area is 194 Å². The molecule has 0 N–H and O–H groups in total. The number of rotatable bonds is 7. The molecule has 5 rings (SSSR count). The summed E-state index contributed by atoms with van der Waals surface area (Å²) in [6, 6.07) is 37.0. The number of benzene rings is 4. The highest BCUT2D eigenvalue weighted by Crippen LogP contribution is 2.25. The molecular weight excluding hydrogens is 406 g/mol. The minimum absolute atomic E-state index is 0.440. The first kappa shape index (κ1) is 20.8. The van der Waals surface area contributed by atoms with E-state index in [4.69, 9.17) is 9.47 Å². The Kier molecular flexibility index (Phi) is 6.03. The van der Waals surface area contributed by atoms with E-state index in [0.29, 0.717) is 13.2 Å². The molecule has 0 spiro atoms. The van der Waals surface area contributed by atoms with Crippen molar-refractivity contribution >= 4 is 10.9 Å². The van der Waals surface area contributed by atoms with Gasteiger partial charge in [-0.3, -0.25) is 0 Å². The number of pyridine rings is 1. The molecule has 162 valence electrons. The standard InChI is InChI=1S/C30H25NO2/c1-22-6-4-10-29(18-22)32-20-23-7-5-9-26(19-23)24-13-16-28(17-14-24)33-21-27-15-12-25-8-2-3-11-30(25)31-27/h2-19H,20-21H2,1H3. The minimum atomic E-state index is 0.440. The van der Waals surface area contributed by atoms with Gasteiger partial charge in [-0.1, -0.05) is 66.7 Å². The van der Waals surface area contributed by atoms with Gasteiger partial charge in [0, 0.05) is 5.39 Å². The third-order valence-corrected chi connectivity index (χ3v) is 5.55. The molecule has 0 saturated heterocycles. The Hall–Kier alpha value is -4.11. The van der Waals surface area contributed by atoms with Gasteiger partial charge in [-0.05, 0) is 71.6 Å². The van der Waals surface area contributed by atoms with Crippen molar-refractivity contribution in [2.75, 3.05) is 0 Å². The molecule has 0 aliphatic carbocycles. The Morgan fingerprint density at radius 3 is 2.30 bits per heavy atom. The second-order valence-electron chi connectivity index (χ2n) is 8.11. The second kappa shape index (κ2) is 9.58. The van der Waals surface area contributed by atoms with Crippen LogP contribution < -0.4 is 9.47 Å². The molecule has 33 heavy (non-hydrogen) atoms. The highest BCUT2D eigenvalue weighted by Gasteiger charge is 2.04. The average molecular weight is 432 g/mol. The quantitative estimate of drug-likeness (QED) is 0.270. The van der Waals surface area contributed by atoms with Crippen molar-refractivity contribution in [2.24, 2.45) is 0 Å². The second-order valence-corrected chi connectivity index (χ2v) is 8.11. The van der Waals surface area contributed by atoms with Crippen molar-refractivity contribution in [1.82, 2.24) is 4.98 Å². The molecule has 0 aliphatic heterocycles. The van der Waals surface area contributed by atoms with E-state index in [2.05, 4.69) is 72.6 Å². The van der Waals surface area contributed by atoms with Crippen molar-refractivity contribution in [2.45, 2.75) is 20.1 Å². The Morgan fingerprint density at radius 1 is 0.606 bits per heavy atom. The van der Waals surface area contributed by atoms with Crippen molar-refractivity contribution in [3.05, 3.63) is 126 Å². The van der Waals surface area contributed by atoms with Crippen LogP contribution in [-0.2, 0) is 13.2 Å². The molecule has 1 aromatic heterocycles. The van der Waals surface area contributed by atoms with Gasteiger partial charge in [-0.2, -0.15) is 0 Å². The van der Waals surface area contributed by atoms with Crippen molar-refractivity contribution in [1.29, 1.82) is 0 Å². The Balaban J connectivity index is 1.22. The molecule has 0 amide bonds. The molecule has 0 unspecified atom stereocenters. The molecule has 0 radical (unpaired) electrons. The molecule has 0 bridgehead atoms. The lowest BCUT2D eigenvalue weighted by Gasteiger charge is -2.10. The van der Waals surface area contributed by atoms with Crippen LogP contribution in [0.4, 0.5) is 0 Å². The van der Waals surface area contributed by atoms with Gasteiger partial charge in [-0.15, -0.1) is 0 Å². The maximum Gasteiger partial charge on any atom is 0.130 e. The fourth-order valence-corrected chi connectivity index (χ4v) is 3.80. The van der Waals surface area contributed by atoms with Crippen molar-refractivity contribution < 1.29 is 9.47 Å². The van der Waals surface area contributed by atoms with Gasteiger partial charge in [-0.25, -0.2) is 4.98 Å². The van der Waals surface area contributed by atoms with E-state index in [9.17, 15) is 0 Å². The highest BCUT2D eigenvalue weighted by molar-refractivity contribution is 5.78. The van der Waals surface area contributed by atoms with E-state index in [1.54, 1.807) is 0 Å². The van der Waals surface area contributed by atoms with Gasteiger partial charge in [0.1, 0.15) is 24.7 Å². The zero-order valence-electron chi connectivity index (χ0n) is 18.6. The average Bonchev–Trinajstić information content (AvgIpc) is 2.87. The molecule has 1 heterocycles. The summed E-state index contributed by atoms with van der Waals surface area (Å²) in [5.74, 6) is 1.72. The van der Waals surface area contributed by atoms with E-state index in [-0.39, 0.29) is 0 Å². The number of fused-ring (bicyclic) bond motifs is 1. The molecule has 4 aromatic carbocycles. The smallest absolute Gasteiger partial charge is 0.130 e. The number of aromatic nitrogens is 1. The fourth-order valence-electron chi connectivity index (χ4n) is 3.80. The van der Waals surface area contributed by atoms with Crippen LogP contribution in [0.5, 0.6) is 11.5 Å². The topological polar surface area (TPSA) is 31.4 Å². The largest absolute Gasteiger partial charge is 0.489 e. The first-order valence-electron chi connectivity index (χ1n) is 11.1. The summed E-state index contributed by atoms with van der Waals surface area (Å²) >= 11 is 0. The van der Waals surface area contributed by atoms with Crippen molar-refractivity contribution in [3.8, 4) is 22.6 Å². The number of nitrogens with zero attached hydrogens (tertiary/aromatic N) is 1. The van der Waals surface area contributed by atoms with Gasteiger partial charge in [0.05, 0.1) is 11.2 Å². The maximum atomic E-state index is 5.97. The Bertz CT molecular complexity index is 1380. The summed E-state index contributed by atoms with van der Waals surface area (Å²) in [4.78, 5) is 4.67. The SMILES string of the molecule is Cc1cccc(OCc2cccc(-c3ccc(OCc4ccc5ccccc5n4)cc3)c2)c1. The number of para-hydroxylation sites is 1. The van der Waals surface area contributed by atoms with E-state index in [1.165, 1.54) is 5.56 Å². The minimum Gasteiger partial charge on any atom is -0.489 e. The predicted molar refractivity (Wildman–Crippen MR) is 133 cm³/mol. The summed E-state index contributed by atoms with van der Waals surface area (Å²) < 4.78 is 11.9. The van der Waals surface area contributed by atoms with Gasteiger partial charge >= 0.3 is 0 Å². The molecule has 0 aliphatic rings. The van der Waals surface area contributed by atoms with Gasteiger partial charge in [0.2, 0.25) is 0 Å². The highest BCUT2D eigenvalue weighted by atomic mass is 16.5. The molecule has 3 heteroatoms. The molecule has 0 fully saturated rings. The van der Waals surface area contributed by atoms with Gasteiger partial charge in [0.15, 0.2) is 0 Å². The molecular formula is C30H25NO2. The van der Waals surface area contributed by atoms with Crippen LogP contribution in [0, 0.1) is 6.92 Å².